The zero-order chi connectivity index (χ0) is 23.4. The minimum absolute atomic E-state index is 0.134. The number of aliphatic hydroxyl groups excluding tert-OH is 1. The van der Waals surface area contributed by atoms with Crippen LogP contribution < -0.4 is 0 Å². The molecule has 3 aliphatic heterocycles. The van der Waals surface area contributed by atoms with E-state index >= 15 is 0 Å². The van der Waals surface area contributed by atoms with E-state index in [2.05, 4.69) is 33.0 Å². The highest BCUT2D eigenvalue weighted by molar-refractivity contribution is 6.30. The van der Waals surface area contributed by atoms with Gasteiger partial charge in [0.25, 0.3) is 0 Å². The predicted molar refractivity (Wildman–Crippen MR) is 131 cm³/mol. The number of fused-ring (bicyclic) bond motifs is 5. The van der Waals surface area contributed by atoms with Crippen molar-refractivity contribution in [3.8, 4) is 5.69 Å². The fourth-order valence-corrected chi connectivity index (χ4v) is 6.18. The van der Waals surface area contributed by atoms with Crippen LogP contribution in [0.15, 0.2) is 54.6 Å². The number of piperidine rings is 1. The second-order valence-corrected chi connectivity index (χ2v) is 10.1. The zero-order valence-corrected chi connectivity index (χ0v) is 19.8. The molecule has 2 bridgehead atoms. The summed E-state index contributed by atoms with van der Waals surface area (Å²) in [7, 11) is 0. The van der Waals surface area contributed by atoms with E-state index in [1.165, 1.54) is 0 Å². The van der Waals surface area contributed by atoms with Gasteiger partial charge in [-0.3, -0.25) is 9.36 Å². The number of halogens is 1. The van der Waals surface area contributed by atoms with Gasteiger partial charge in [0.1, 0.15) is 11.6 Å². The number of benzene rings is 2. The van der Waals surface area contributed by atoms with E-state index in [0.717, 1.165) is 46.9 Å². The molecule has 2 fully saturated rings. The Kier molecular flexibility index (Phi) is 5.30. The highest BCUT2D eigenvalue weighted by Crippen LogP contribution is 2.41. The summed E-state index contributed by atoms with van der Waals surface area (Å²) in [6.07, 6.45) is 5.52. The van der Waals surface area contributed by atoms with Crippen LogP contribution in [0.3, 0.4) is 0 Å². The average molecular weight is 475 g/mol. The molecule has 1 aromatic heterocycles. The number of hydrogen-bond acceptors (Lipinski definition) is 4. The minimum Gasteiger partial charge on any atom is -0.393 e. The molecule has 0 aliphatic carbocycles. The van der Waals surface area contributed by atoms with Crippen molar-refractivity contribution in [2.45, 2.75) is 63.1 Å². The Morgan fingerprint density at radius 2 is 1.76 bits per heavy atom. The molecular formula is C27H27ClN4O2. The van der Waals surface area contributed by atoms with Crippen molar-refractivity contribution in [3.05, 3.63) is 82.4 Å². The Hall–Kier alpha value is -2.96. The van der Waals surface area contributed by atoms with E-state index in [9.17, 15) is 9.90 Å². The maximum atomic E-state index is 13.7. The van der Waals surface area contributed by atoms with Crippen LogP contribution in [0.5, 0.6) is 0 Å². The van der Waals surface area contributed by atoms with Gasteiger partial charge in [-0.15, -0.1) is 10.2 Å². The number of aliphatic hydroxyl groups is 1. The number of hydrogen-bond donors (Lipinski definition) is 1. The molecule has 34 heavy (non-hydrogen) atoms. The van der Waals surface area contributed by atoms with Crippen LogP contribution in [-0.2, 0) is 4.79 Å². The lowest BCUT2D eigenvalue weighted by molar-refractivity contribution is -0.137. The summed E-state index contributed by atoms with van der Waals surface area (Å²) in [5, 5.41) is 19.8. The van der Waals surface area contributed by atoms with Crippen LogP contribution in [0.4, 0.5) is 0 Å². The molecule has 6 nitrogen and oxygen atoms in total. The normalized spacial score (nSPS) is 25.4. The van der Waals surface area contributed by atoms with Crippen LogP contribution in [0, 0.1) is 6.92 Å². The third-order valence-electron chi connectivity index (χ3n) is 7.53. The minimum atomic E-state index is -0.295. The summed E-state index contributed by atoms with van der Waals surface area (Å²) in [5.74, 6) is 1.49. The lowest BCUT2D eigenvalue weighted by Crippen LogP contribution is -2.48. The van der Waals surface area contributed by atoms with Gasteiger partial charge in [-0.05, 0) is 61.9 Å². The molecule has 2 saturated heterocycles. The molecule has 2 aromatic carbocycles. The van der Waals surface area contributed by atoms with E-state index in [0.29, 0.717) is 24.3 Å². The Labute approximate surface area is 203 Å². The van der Waals surface area contributed by atoms with Crippen LogP contribution in [0.2, 0.25) is 5.02 Å². The fraction of sp³-hybridized carbons (Fsp3) is 0.370. The Bertz CT molecular complexity index is 1270. The molecule has 3 atom stereocenters. The molecular weight excluding hydrogens is 448 g/mol. The van der Waals surface area contributed by atoms with Gasteiger partial charge in [0.15, 0.2) is 0 Å². The molecule has 4 heterocycles. The zero-order valence-electron chi connectivity index (χ0n) is 19.1. The predicted octanol–water partition coefficient (Wildman–Crippen LogP) is 4.66. The first-order chi connectivity index (χ1) is 16.5. The molecule has 0 spiro atoms. The van der Waals surface area contributed by atoms with Crippen LogP contribution in [0.25, 0.3) is 11.3 Å². The van der Waals surface area contributed by atoms with Gasteiger partial charge < -0.3 is 10.0 Å². The summed E-state index contributed by atoms with van der Waals surface area (Å²) in [5.41, 5.74) is 4.20. The number of carbonyl (C=O) groups is 1. The van der Waals surface area contributed by atoms with E-state index in [-0.39, 0.29) is 30.0 Å². The molecule has 1 N–H and O–H groups in total. The summed E-state index contributed by atoms with van der Waals surface area (Å²) < 4.78 is 2.08. The third-order valence-corrected chi connectivity index (χ3v) is 7.78. The number of rotatable bonds is 3. The highest BCUT2D eigenvalue weighted by atomic mass is 35.5. The fourth-order valence-electron chi connectivity index (χ4n) is 6.06. The summed E-state index contributed by atoms with van der Waals surface area (Å²) in [6.45, 7) is 1.95. The standard InChI is InChI=1S/C27H27ClN4O2/c1-16-29-30-27-18(13-26(34)32-20-10-11-21(32)15-22(33)14-20)12-24(17-6-8-19(28)9-7-17)23-4-2-3-5-25(23)31(16)27/h2-9,12,18,20-22,33H,10-11,13-15H2,1H3. The van der Waals surface area contributed by atoms with Gasteiger partial charge in [-0.25, -0.2) is 0 Å². The number of aryl methyl sites for hydroxylation is 1. The van der Waals surface area contributed by atoms with Crippen molar-refractivity contribution in [3.63, 3.8) is 0 Å². The maximum absolute atomic E-state index is 13.7. The van der Waals surface area contributed by atoms with Gasteiger partial charge in [0, 0.05) is 35.0 Å². The van der Waals surface area contributed by atoms with E-state index in [1.807, 2.05) is 48.2 Å². The summed E-state index contributed by atoms with van der Waals surface area (Å²) >= 11 is 6.18. The first-order valence-corrected chi connectivity index (χ1v) is 12.4. The Morgan fingerprint density at radius 1 is 1.06 bits per heavy atom. The van der Waals surface area contributed by atoms with Gasteiger partial charge in [-0.2, -0.15) is 0 Å². The van der Waals surface area contributed by atoms with Crippen molar-refractivity contribution >= 4 is 23.1 Å². The number of amides is 1. The lowest BCUT2D eigenvalue weighted by Gasteiger charge is -2.37. The second-order valence-electron chi connectivity index (χ2n) is 9.67. The van der Waals surface area contributed by atoms with Crippen molar-refractivity contribution in [2.75, 3.05) is 0 Å². The smallest absolute Gasteiger partial charge is 0.224 e. The van der Waals surface area contributed by atoms with Crippen molar-refractivity contribution in [1.82, 2.24) is 19.7 Å². The second kappa shape index (κ2) is 8.36. The van der Waals surface area contributed by atoms with Crippen molar-refractivity contribution < 1.29 is 9.90 Å². The van der Waals surface area contributed by atoms with Crippen LogP contribution in [0.1, 0.15) is 60.8 Å². The van der Waals surface area contributed by atoms with Crippen LogP contribution in [-0.4, -0.2) is 48.9 Å². The molecule has 0 saturated carbocycles. The van der Waals surface area contributed by atoms with E-state index < -0.39 is 0 Å². The Morgan fingerprint density at radius 3 is 2.50 bits per heavy atom. The molecule has 7 heteroatoms. The molecule has 6 rings (SSSR count). The molecule has 3 aromatic rings. The molecule has 3 unspecified atom stereocenters. The average Bonchev–Trinajstić information content (AvgIpc) is 3.29. The van der Waals surface area contributed by atoms with Crippen molar-refractivity contribution in [2.24, 2.45) is 0 Å². The van der Waals surface area contributed by atoms with E-state index in [4.69, 9.17) is 11.6 Å². The Balaban J connectivity index is 1.44. The monoisotopic (exact) mass is 474 g/mol. The largest absolute Gasteiger partial charge is 0.393 e. The van der Waals surface area contributed by atoms with Gasteiger partial charge in [-0.1, -0.05) is 48.0 Å². The quantitative estimate of drug-likeness (QED) is 0.599. The number of para-hydroxylation sites is 1. The topological polar surface area (TPSA) is 71.2 Å². The number of allylic oxidation sites excluding steroid dienone is 1. The summed E-state index contributed by atoms with van der Waals surface area (Å²) in [4.78, 5) is 15.7. The van der Waals surface area contributed by atoms with Gasteiger partial charge >= 0.3 is 0 Å². The maximum Gasteiger partial charge on any atom is 0.224 e. The molecule has 3 aliphatic rings. The van der Waals surface area contributed by atoms with Crippen molar-refractivity contribution in [1.29, 1.82) is 0 Å². The lowest BCUT2D eigenvalue weighted by atomic mass is 9.92. The van der Waals surface area contributed by atoms with Gasteiger partial charge in [0.05, 0.1) is 11.8 Å². The molecule has 1 amide bonds. The first kappa shape index (κ1) is 21.6. The number of carbonyl (C=O) groups excluding carboxylic acids is 1. The van der Waals surface area contributed by atoms with Gasteiger partial charge in [0.2, 0.25) is 5.91 Å². The number of nitrogens with zero attached hydrogens (tertiary/aromatic N) is 4. The SMILES string of the molecule is Cc1nnc2n1-c1ccccc1C(c1ccc(Cl)cc1)=CC2CC(=O)N1C2CCC1CC(O)C2. The van der Waals surface area contributed by atoms with Crippen LogP contribution >= 0.6 is 11.6 Å². The highest BCUT2D eigenvalue weighted by Gasteiger charge is 2.43. The molecule has 0 radical (unpaired) electrons. The number of aromatic nitrogens is 3. The summed E-state index contributed by atoms with van der Waals surface area (Å²) in [6, 6.07) is 16.4. The molecule has 174 valence electrons. The van der Waals surface area contributed by atoms with E-state index in [1.54, 1.807) is 0 Å². The first-order valence-electron chi connectivity index (χ1n) is 12.0. The third kappa shape index (κ3) is 3.56.